The molecule has 0 aliphatic heterocycles. The third-order valence-electron chi connectivity index (χ3n) is 2.68. The van der Waals surface area contributed by atoms with Gasteiger partial charge in [-0.25, -0.2) is 9.78 Å². The second-order valence-corrected chi connectivity index (χ2v) is 6.35. The molecule has 1 aromatic heterocycles. The molecule has 0 fully saturated rings. The van der Waals surface area contributed by atoms with Gasteiger partial charge in [0, 0.05) is 11.4 Å². The van der Waals surface area contributed by atoms with E-state index in [1.807, 2.05) is 13.8 Å². The first-order chi connectivity index (χ1) is 9.85. The summed E-state index contributed by atoms with van der Waals surface area (Å²) in [6.45, 7) is 10.3. The van der Waals surface area contributed by atoms with Gasteiger partial charge in [-0.2, -0.15) is 0 Å². The van der Waals surface area contributed by atoms with Crippen LogP contribution in [0.3, 0.4) is 0 Å². The van der Waals surface area contributed by atoms with Crippen LogP contribution in [0.1, 0.15) is 43.1 Å². The van der Waals surface area contributed by atoms with Crippen LogP contribution in [-0.4, -0.2) is 36.1 Å². The van der Waals surface area contributed by atoms with Crippen molar-refractivity contribution in [3.05, 3.63) is 10.6 Å². The van der Waals surface area contributed by atoms with E-state index in [1.54, 1.807) is 20.8 Å². The van der Waals surface area contributed by atoms with Crippen LogP contribution in [0.5, 0.6) is 0 Å². The molecule has 1 amide bonds. The lowest BCUT2D eigenvalue weighted by Gasteiger charge is -2.14. The molecule has 0 saturated carbocycles. The molecule has 6 nitrogen and oxygen atoms in total. The Morgan fingerprint density at radius 2 is 2.00 bits per heavy atom. The summed E-state index contributed by atoms with van der Waals surface area (Å²) in [4.78, 5) is 28.6. The molecule has 7 heteroatoms. The Hall–Kier alpha value is -1.63. The first kappa shape index (κ1) is 17.4. The number of hydrogen-bond acceptors (Lipinski definition) is 6. The Balaban J connectivity index is 2.64. The predicted octanol–water partition coefficient (Wildman–Crippen LogP) is 2.20. The lowest BCUT2D eigenvalue weighted by atomic mass is 10.2. The molecule has 1 heterocycles. The van der Waals surface area contributed by atoms with E-state index in [-0.39, 0.29) is 5.91 Å². The van der Waals surface area contributed by atoms with Crippen LogP contribution in [0.2, 0.25) is 0 Å². The summed E-state index contributed by atoms with van der Waals surface area (Å²) in [5, 5.41) is 6.41. The number of nitrogens with one attached hydrogen (secondary N) is 2. The minimum atomic E-state index is -0.434. The van der Waals surface area contributed by atoms with Crippen LogP contribution in [-0.2, 0) is 9.53 Å². The molecule has 0 spiro atoms. The average Bonchev–Trinajstić information content (AvgIpc) is 2.77. The normalized spacial score (nSPS) is 12.1. The molecular formula is C14H23N3O3S. The Kier molecular flexibility index (Phi) is 6.61. The summed E-state index contributed by atoms with van der Waals surface area (Å²) in [6.07, 6.45) is 0. The van der Waals surface area contributed by atoms with Crippen molar-refractivity contribution in [2.24, 2.45) is 5.92 Å². The van der Waals surface area contributed by atoms with Gasteiger partial charge in [-0.1, -0.05) is 13.8 Å². The number of rotatable bonds is 7. The molecule has 1 unspecified atom stereocenters. The van der Waals surface area contributed by atoms with Gasteiger partial charge in [-0.05, 0) is 26.7 Å². The van der Waals surface area contributed by atoms with Crippen molar-refractivity contribution in [1.82, 2.24) is 10.3 Å². The highest BCUT2D eigenvalue weighted by Gasteiger charge is 2.19. The number of carbonyl (C=O) groups is 2. The summed E-state index contributed by atoms with van der Waals surface area (Å²) in [5.41, 5.74) is 0.305. The summed E-state index contributed by atoms with van der Waals surface area (Å²) in [7, 11) is 0. The SMILES string of the molecule is CCOC(=O)c1nc(NC(C)C(=O)NCC(C)C)sc1C. The first-order valence-electron chi connectivity index (χ1n) is 7.03. The molecule has 0 aromatic carbocycles. The second kappa shape index (κ2) is 7.97. The molecule has 1 atom stereocenters. The number of aryl methyl sites for hydroxylation is 1. The molecular weight excluding hydrogens is 290 g/mol. The number of thiazole rings is 1. The minimum Gasteiger partial charge on any atom is -0.461 e. The number of amides is 1. The largest absolute Gasteiger partial charge is 0.461 e. The van der Waals surface area contributed by atoms with E-state index in [0.29, 0.717) is 29.9 Å². The average molecular weight is 313 g/mol. The molecule has 0 saturated heterocycles. The van der Waals surface area contributed by atoms with Gasteiger partial charge in [-0.3, -0.25) is 4.79 Å². The molecule has 0 radical (unpaired) electrons. The summed E-state index contributed by atoms with van der Waals surface area (Å²) in [6, 6.07) is -0.413. The summed E-state index contributed by atoms with van der Waals surface area (Å²) < 4.78 is 4.94. The van der Waals surface area contributed by atoms with E-state index in [0.717, 1.165) is 4.88 Å². The number of carbonyl (C=O) groups excluding carboxylic acids is 2. The van der Waals surface area contributed by atoms with E-state index >= 15 is 0 Å². The monoisotopic (exact) mass is 313 g/mol. The zero-order chi connectivity index (χ0) is 16.0. The van der Waals surface area contributed by atoms with Crippen molar-refractivity contribution >= 4 is 28.3 Å². The van der Waals surface area contributed by atoms with Crippen LogP contribution < -0.4 is 10.6 Å². The van der Waals surface area contributed by atoms with Crippen molar-refractivity contribution in [1.29, 1.82) is 0 Å². The van der Waals surface area contributed by atoms with Gasteiger partial charge in [-0.15, -0.1) is 11.3 Å². The van der Waals surface area contributed by atoms with Crippen LogP contribution in [0.4, 0.5) is 5.13 Å². The fourth-order valence-corrected chi connectivity index (χ4v) is 2.44. The number of esters is 1. The number of aromatic nitrogens is 1. The second-order valence-electron chi connectivity index (χ2n) is 5.15. The van der Waals surface area contributed by atoms with Crippen LogP contribution in [0, 0.1) is 12.8 Å². The quantitative estimate of drug-likeness (QED) is 0.754. The van der Waals surface area contributed by atoms with Gasteiger partial charge in [0.1, 0.15) is 6.04 Å². The number of anilines is 1. The van der Waals surface area contributed by atoms with E-state index in [4.69, 9.17) is 4.74 Å². The topological polar surface area (TPSA) is 80.3 Å². The smallest absolute Gasteiger partial charge is 0.358 e. The molecule has 0 aliphatic carbocycles. The Bertz CT molecular complexity index is 500. The van der Waals surface area contributed by atoms with Gasteiger partial charge < -0.3 is 15.4 Å². The molecule has 118 valence electrons. The number of nitrogens with zero attached hydrogens (tertiary/aromatic N) is 1. The highest BCUT2D eigenvalue weighted by atomic mass is 32.1. The standard InChI is InChI=1S/C14H23N3O3S/c1-6-20-13(19)11-10(5)21-14(17-11)16-9(4)12(18)15-7-8(2)3/h8-9H,6-7H2,1-5H3,(H,15,18)(H,16,17). The maximum atomic E-state index is 11.9. The molecule has 1 aromatic rings. The van der Waals surface area contributed by atoms with Crippen molar-refractivity contribution in [2.45, 2.75) is 40.7 Å². The fourth-order valence-electron chi connectivity index (χ4n) is 1.56. The zero-order valence-electron chi connectivity index (χ0n) is 13.1. The van der Waals surface area contributed by atoms with E-state index in [1.165, 1.54) is 11.3 Å². The molecule has 21 heavy (non-hydrogen) atoms. The third-order valence-corrected chi connectivity index (χ3v) is 3.59. The van der Waals surface area contributed by atoms with Crippen LogP contribution in [0.25, 0.3) is 0 Å². The highest BCUT2D eigenvalue weighted by Crippen LogP contribution is 2.23. The number of hydrogen-bond donors (Lipinski definition) is 2. The van der Waals surface area contributed by atoms with Crippen molar-refractivity contribution in [3.63, 3.8) is 0 Å². The Labute approximate surface area is 129 Å². The van der Waals surface area contributed by atoms with Crippen LogP contribution in [0.15, 0.2) is 0 Å². The van der Waals surface area contributed by atoms with Gasteiger partial charge in [0.25, 0.3) is 0 Å². The maximum Gasteiger partial charge on any atom is 0.358 e. The zero-order valence-corrected chi connectivity index (χ0v) is 14.0. The van der Waals surface area contributed by atoms with E-state index in [9.17, 15) is 9.59 Å². The molecule has 0 aliphatic rings. The minimum absolute atomic E-state index is 0.0887. The van der Waals surface area contributed by atoms with Crippen molar-refractivity contribution < 1.29 is 14.3 Å². The predicted molar refractivity (Wildman–Crippen MR) is 83.7 cm³/mol. The third kappa shape index (κ3) is 5.34. The summed E-state index contributed by atoms with van der Waals surface area (Å²) >= 11 is 1.34. The summed E-state index contributed by atoms with van der Waals surface area (Å²) in [5.74, 6) is -0.121. The van der Waals surface area contributed by atoms with Gasteiger partial charge in [0.2, 0.25) is 5.91 Å². The first-order valence-corrected chi connectivity index (χ1v) is 7.85. The van der Waals surface area contributed by atoms with Crippen molar-refractivity contribution in [2.75, 3.05) is 18.5 Å². The van der Waals surface area contributed by atoms with E-state index in [2.05, 4.69) is 15.6 Å². The van der Waals surface area contributed by atoms with Gasteiger partial charge in [0.15, 0.2) is 10.8 Å². The van der Waals surface area contributed by atoms with Gasteiger partial charge in [0.05, 0.1) is 6.61 Å². The Morgan fingerprint density at radius 3 is 2.57 bits per heavy atom. The molecule has 0 bridgehead atoms. The van der Waals surface area contributed by atoms with E-state index < -0.39 is 12.0 Å². The lowest BCUT2D eigenvalue weighted by molar-refractivity contribution is -0.121. The van der Waals surface area contributed by atoms with Gasteiger partial charge >= 0.3 is 5.97 Å². The Morgan fingerprint density at radius 1 is 1.33 bits per heavy atom. The van der Waals surface area contributed by atoms with Crippen molar-refractivity contribution in [3.8, 4) is 0 Å². The number of ether oxygens (including phenoxy) is 1. The molecule has 2 N–H and O–H groups in total. The highest BCUT2D eigenvalue weighted by molar-refractivity contribution is 7.15. The maximum absolute atomic E-state index is 11.9. The lowest BCUT2D eigenvalue weighted by Crippen LogP contribution is -2.39. The fraction of sp³-hybridized carbons (Fsp3) is 0.643. The van der Waals surface area contributed by atoms with Crippen LogP contribution >= 0.6 is 11.3 Å². The molecule has 1 rings (SSSR count).